The second kappa shape index (κ2) is 7.88. The average molecular weight is 298 g/mol. The van der Waals surface area contributed by atoms with E-state index in [1.807, 2.05) is 7.05 Å². The molecule has 1 unspecified atom stereocenters. The molecule has 0 radical (unpaired) electrons. The first-order valence-corrected chi connectivity index (χ1v) is 7.30. The van der Waals surface area contributed by atoms with Crippen molar-refractivity contribution in [3.63, 3.8) is 0 Å². The molecule has 0 fully saturated rings. The number of hydrogen-bond acceptors (Lipinski definition) is 1. The molecule has 1 atom stereocenters. The molecular weight excluding hydrogens is 274 g/mol. The van der Waals surface area contributed by atoms with Gasteiger partial charge in [-0.25, -0.2) is 0 Å². The van der Waals surface area contributed by atoms with E-state index in [0.29, 0.717) is 0 Å². The molecule has 0 heterocycles. The molecule has 1 N–H and O–H groups in total. The minimum Gasteiger partial charge on any atom is -0.319 e. The Hall–Kier alpha value is -0.340. The number of rotatable bonds is 7. The van der Waals surface area contributed by atoms with Crippen molar-refractivity contribution in [2.45, 2.75) is 33.1 Å². The Morgan fingerprint density at radius 3 is 2.47 bits per heavy atom. The van der Waals surface area contributed by atoms with Gasteiger partial charge in [0.1, 0.15) is 0 Å². The second-order valence-electron chi connectivity index (χ2n) is 5.19. The van der Waals surface area contributed by atoms with Crippen LogP contribution >= 0.6 is 15.9 Å². The van der Waals surface area contributed by atoms with E-state index in [-0.39, 0.29) is 0 Å². The SMILES string of the molecule is CNCC(CCC(C)C)Cc1ccccc1Br. The molecule has 96 valence electrons. The summed E-state index contributed by atoms with van der Waals surface area (Å²) >= 11 is 3.64. The van der Waals surface area contributed by atoms with Crippen LogP contribution in [0.4, 0.5) is 0 Å². The molecule has 0 saturated heterocycles. The summed E-state index contributed by atoms with van der Waals surface area (Å²) in [6.07, 6.45) is 3.78. The summed E-state index contributed by atoms with van der Waals surface area (Å²) in [4.78, 5) is 0. The predicted molar refractivity (Wildman–Crippen MR) is 79.3 cm³/mol. The summed E-state index contributed by atoms with van der Waals surface area (Å²) in [5.41, 5.74) is 1.43. The Labute approximate surface area is 114 Å². The molecular formula is C15H24BrN. The molecule has 2 heteroatoms. The first-order valence-electron chi connectivity index (χ1n) is 6.51. The Balaban J connectivity index is 2.56. The molecule has 0 saturated carbocycles. The maximum Gasteiger partial charge on any atom is 0.0207 e. The van der Waals surface area contributed by atoms with Crippen molar-refractivity contribution in [2.75, 3.05) is 13.6 Å². The van der Waals surface area contributed by atoms with Crippen molar-refractivity contribution in [1.82, 2.24) is 5.32 Å². The second-order valence-corrected chi connectivity index (χ2v) is 6.04. The van der Waals surface area contributed by atoms with Gasteiger partial charge in [-0.3, -0.25) is 0 Å². The lowest BCUT2D eigenvalue weighted by Crippen LogP contribution is -2.21. The normalized spacial score (nSPS) is 13.0. The van der Waals surface area contributed by atoms with Crippen molar-refractivity contribution in [1.29, 1.82) is 0 Å². The fraction of sp³-hybridized carbons (Fsp3) is 0.600. The number of benzene rings is 1. The summed E-state index contributed by atoms with van der Waals surface area (Å²) < 4.78 is 1.24. The van der Waals surface area contributed by atoms with Gasteiger partial charge in [-0.2, -0.15) is 0 Å². The molecule has 1 nitrogen and oxygen atoms in total. The van der Waals surface area contributed by atoms with E-state index in [1.54, 1.807) is 0 Å². The first kappa shape index (κ1) is 14.7. The largest absolute Gasteiger partial charge is 0.319 e. The molecule has 1 aromatic carbocycles. The molecule has 17 heavy (non-hydrogen) atoms. The third kappa shape index (κ3) is 5.69. The molecule has 0 aliphatic carbocycles. The van der Waals surface area contributed by atoms with E-state index in [9.17, 15) is 0 Å². The van der Waals surface area contributed by atoms with E-state index < -0.39 is 0 Å². The van der Waals surface area contributed by atoms with Gasteiger partial charge in [0.05, 0.1) is 0 Å². The quantitative estimate of drug-likeness (QED) is 0.793. The van der Waals surface area contributed by atoms with E-state index in [2.05, 4.69) is 59.4 Å². The Morgan fingerprint density at radius 2 is 1.88 bits per heavy atom. The van der Waals surface area contributed by atoms with Gasteiger partial charge in [0, 0.05) is 4.47 Å². The van der Waals surface area contributed by atoms with Crippen LogP contribution in [-0.2, 0) is 6.42 Å². The summed E-state index contributed by atoms with van der Waals surface area (Å²) in [5.74, 6) is 1.54. The lowest BCUT2D eigenvalue weighted by atomic mass is 9.92. The Morgan fingerprint density at radius 1 is 1.18 bits per heavy atom. The van der Waals surface area contributed by atoms with Gasteiger partial charge >= 0.3 is 0 Å². The molecule has 0 aliphatic heterocycles. The van der Waals surface area contributed by atoms with E-state index >= 15 is 0 Å². The van der Waals surface area contributed by atoms with Crippen molar-refractivity contribution < 1.29 is 0 Å². The van der Waals surface area contributed by atoms with Crippen molar-refractivity contribution in [3.8, 4) is 0 Å². The molecule has 0 aliphatic rings. The molecule has 0 spiro atoms. The Bertz CT molecular complexity index is 322. The van der Waals surface area contributed by atoms with Crippen molar-refractivity contribution >= 4 is 15.9 Å². The summed E-state index contributed by atoms with van der Waals surface area (Å²) in [6.45, 7) is 5.71. The van der Waals surface area contributed by atoms with E-state index in [4.69, 9.17) is 0 Å². The fourth-order valence-corrected chi connectivity index (χ4v) is 2.56. The summed E-state index contributed by atoms with van der Waals surface area (Å²) in [7, 11) is 2.04. The smallest absolute Gasteiger partial charge is 0.0207 e. The topological polar surface area (TPSA) is 12.0 Å². The zero-order valence-electron chi connectivity index (χ0n) is 11.2. The van der Waals surface area contributed by atoms with Crippen LogP contribution in [0.15, 0.2) is 28.7 Å². The lowest BCUT2D eigenvalue weighted by molar-refractivity contribution is 0.408. The summed E-state index contributed by atoms with van der Waals surface area (Å²) in [5, 5.41) is 3.32. The number of hydrogen-bond donors (Lipinski definition) is 1. The van der Waals surface area contributed by atoms with Crippen molar-refractivity contribution in [3.05, 3.63) is 34.3 Å². The average Bonchev–Trinajstić information content (AvgIpc) is 2.29. The Kier molecular flexibility index (Phi) is 6.83. The fourth-order valence-electron chi connectivity index (χ4n) is 2.11. The highest BCUT2D eigenvalue weighted by atomic mass is 79.9. The maximum atomic E-state index is 3.64. The molecule has 1 rings (SSSR count). The van der Waals surface area contributed by atoms with E-state index in [0.717, 1.165) is 24.8 Å². The molecule has 0 bridgehead atoms. The van der Waals surface area contributed by atoms with Crippen LogP contribution in [0.5, 0.6) is 0 Å². The zero-order valence-corrected chi connectivity index (χ0v) is 12.8. The van der Waals surface area contributed by atoms with Crippen LogP contribution in [0.1, 0.15) is 32.3 Å². The summed E-state index contributed by atoms with van der Waals surface area (Å²) in [6, 6.07) is 8.56. The standard InChI is InChI=1S/C15H24BrN/c1-12(2)8-9-13(11-17-3)10-14-6-4-5-7-15(14)16/h4-7,12-13,17H,8-11H2,1-3H3. The highest BCUT2D eigenvalue weighted by Crippen LogP contribution is 2.22. The van der Waals surface area contributed by atoms with Crippen LogP contribution in [0.2, 0.25) is 0 Å². The number of halogens is 1. The minimum absolute atomic E-state index is 0.737. The van der Waals surface area contributed by atoms with Crippen LogP contribution in [-0.4, -0.2) is 13.6 Å². The van der Waals surface area contributed by atoms with E-state index in [1.165, 1.54) is 22.9 Å². The first-order chi connectivity index (χ1) is 8.13. The van der Waals surface area contributed by atoms with Gasteiger partial charge in [-0.05, 0) is 49.9 Å². The minimum atomic E-state index is 0.737. The molecule has 0 aromatic heterocycles. The van der Waals surface area contributed by atoms with Gasteiger partial charge < -0.3 is 5.32 Å². The predicted octanol–water partition coefficient (Wildman–Crippen LogP) is 4.26. The maximum absolute atomic E-state index is 3.64. The number of nitrogens with one attached hydrogen (secondary N) is 1. The van der Waals surface area contributed by atoms with Crippen LogP contribution in [0.3, 0.4) is 0 Å². The van der Waals surface area contributed by atoms with Gasteiger partial charge in [0.2, 0.25) is 0 Å². The third-order valence-corrected chi connectivity index (χ3v) is 3.89. The van der Waals surface area contributed by atoms with Gasteiger partial charge in [-0.15, -0.1) is 0 Å². The molecule has 1 aromatic rings. The highest BCUT2D eigenvalue weighted by molar-refractivity contribution is 9.10. The monoisotopic (exact) mass is 297 g/mol. The highest BCUT2D eigenvalue weighted by Gasteiger charge is 2.11. The van der Waals surface area contributed by atoms with Crippen LogP contribution in [0.25, 0.3) is 0 Å². The van der Waals surface area contributed by atoms with Gasteiger partial charge in [-0.1, -0.05) is 54.4 Å². The molecule has 0 amide bonds. The lowest BCUT2D eigenvalue weighted by Gasteiger charge is -2.18. The third-order valence-electron chi connectivity index (χ3n) is 3.11. The van der Waals surface area contributed by atoms with Gasteiger partial charge in [0.25, 0.3) is 0 Å². The van der Waals surface area contributed by atoms with Crippen molar-refractivity contribution in [2.24, 2.45) is 11.8 Å². The van der Waals surface area contributed by atoms with Crippen LogP contribution < -0.4 is 5.32 Å². The van der Waals surface area contributed by atoms with Crippen LogP contribution in [0, 0.1) is 11.8 Å². The zero-order chi connectivity index (χ0) is 12.7. The van der Waals surface area contributed by atoms with Gasteiger partial charge in [0.15, 0.2) is 0 Å².